The topological polar surface area (TPSA) is 49.4 Å². The van der Waals surface area contributed by atoms with E-state index in [0.29, 0.717) is 30.3 Å². The molecular formula is C12H16ClF3N2O2S2. The fraction of sp³-hybridized carbons (Fsp3) is 0.667. The van der Waals surface area contributed by atoms with E-state index in [1.54, 1.807) is 0 Å². The number of likely N-dealkylation sites (tertiary alicyclic amines) is 1. The van der Waals surface area contributed by atoms with E-state index in [4.69, 9.17) is 11.6 Å². The Morgan fingerprint density at radius 3 is 2.45 bits per heavy atom. The van der Waals surface area contributed by atoms with Crippen molar-refractivity contribution >= 4 is 33.0 Å². The van der Waals surface area contributed by atoms with E-state index in [1.165, 1.54) is 17.0 Å². The van der Waals surface area contributed by atoms with Gasteiger partial charge in [-0.15, -0.1) is 11.3 Å². The Bertz CT molecular complexity index is 596. The van der Waals surface area contributed by atoms with Crippen molar-refractivity contribution in [2.24, 2.45) is 5.92 Å². The molecule has 22 heavy (non-hydrogen) atoms. The van der Waals surface area contributed by atoms with Crippen LogP contribution in [0, 0.1) is 5.92 Å². The predicted octanol–water partition coefficient (Wildman–Crippen LogP) is 2.95. The lowest BCUT2D eigenvalue weighted by atomic mass is 9.97. The highest BCUT2D eigenvalue weighted by Crippen LogP contribution is 2.26. The maximum absolute atomic E-state index is 12.3. The average molecular weight is 377 g/mol. The van der Waals surface area contributed by atoms with E-state index in [0.717, 1.165) is 11.3 Å². The molecule has 1 aliphatic rings. The molecule has 0 unspecified atom stereocenters. The summed E-state index contributed by atoms with van der Waals surface area (Å²) in [6.07, 6.45) is -3.10. The van der Waals surface area contributed by atoms with Crippen molar-refractivity contribution in [3.8, 4) is 0 Å². The SMILES string of the molecule is O=S(=O)(NCC1CCN(CC(F)(F)F)CC1)c1ccc(Cl)s1. The molecule has 0 amide bonds. The number of sulfonamides is 1. The molecule has 0 aliphatic carbocycles. The van der Waals surface area contributed by atoms with Gasteiger partial charge in [0, 0.05) is 6.54 Å². The van der Waals surface area contributed by atoms with Crippen LogP contribution in [0.1, 0.15) is 12.8 Å². The third kappa shape index (κ3) is 5.38. The third-order valence-corrected chi connectivity index (χ3v) is 6.63. The minimum atomic E-state index is -4.19. The van der Waals surface area contributed by atoms with Crippen molar-refractivity contribution in [2.45, 2.75) is 23.2 Å². The van der Waals surface area contributed by atoms with E-state index in [-0.39, 0.29) is 16.7 Å². The molecule has 1 fully saturated rings. The van der Waals surface area contributed by atoms with E-state index < -0.39 is 22.7 Å². The van der Waals surface area contributed by atoms with Gasteiger partial charge in [0.2, 0.25) is 10.0 Å². The monoisotopic (exact) mass is 376 g/mol. The molecule has 1 aromatic rings. The number of nitrogens with zero attached hydrogens (tertiary/aromatic N) is 1. The summed E-state index contributed by atoms with van der Waals surface area (Å²) in [4.78, 5) is 1.35. The van der Waals surface area contributed by atoms with Gasteiger partial charge in [0.1, 0.15) is 4.21 Å². The second kappa shape index (κ2) is 7.04. The zero-order chi connectivity index (χ0) is 16.4. The minimum Gasteiger partial charge on any atom is -0.295 e. The molecule has 1 aromatic heterocycles. The molecule has 2 heterocycles. The Kier molecular flexibility index (Phi) is 5.76. The number of alkyl halides is 3. The Morgan fingerprint density at radius 1 is 1.32 bits per heavy atom. The smallest absolute Gasteiger partial charge is 0.295 e. The molecular weight excluding hydrogens is 361 g/mol. The molecule has 0 spiro atoms. The number of hydrogen-bond acceptors (Lipinski definition) is 4. The van der Waals surface area contributed by atoms with Crippen molar-refractivity contribution < 1.29 is 21.6 Å². The second-order valence-electron chi connectivity index (χ2n) is 5.25. The first-order chi connectivity index (χ1) is 10.2. The summed E-state index contributed by atoms with van der Waals surface area (Å²) in [6, 6.07) is 2.94. The maximum Gasteiger partial charge on any atom is 0.401 e. The van der Waals surface area contributed by atoms with Gasteiger partial charge >= 0.3 is 6.18 Å². The van der Waals surface area contributed by atoms with Gasteiger partial charge in [0.15, 0.2) is 0 Å². The number of hydrogen-bond donors (Lipinski definition) is 1. The van der Waals surface area contributed by atoms with Crippen LogP contribution in [0.2, 0.25) is 4.34 Å². The molecule has 0 saturated carbocycles. The molecule has 0 bridgehead atoms. The van der Waals surface area contributed by atoms with E-state index in [9.17, 15) is 21.6 Å². The van der Waals surface area contributed by atoms with Crippen molar-refractivity contribution in [1.29, 1.82) is 0 Å². The van der Waals surface area contributed by atoms with E-state index >= 15 is 0 Å². The van der Waals surface area contributed by atoms with Crippen LogP contribution in [0.5, 0.6) is 0 Å². The van der Waals surface area contributed by atoms with E-state index in [2.05, 4.69) is 4.72 Å². The van der Waals surface area contributed by atoms with Crippen LogP contribution in [-0.4, -0.2) is 45.7 Å². The largest absolute Gasteiger partial charge is 0.401 e. The van der Waals surface area contributed by atoms with Gasteiger partial charge in [0.05, 0.1) is 10.9 Å². The molecule has 4 nitrogen and oxygen atoms in total. The summed E-state index contributed by atoms with van der Waals surface area (Å²) < 4.78 is 63.9. The van der Waals surface area contributed by atoms with Gasteiger partial charge in [-0.2, -0.15) is 13.2 Å². The Balaban J connectivity index is 1.79. The fourth-order valence-corrected chi connectivity index (χ4v) is 4.99. The number of rotatable bonds is 5. The van der Waals surface area contributed by atoms with Gasteiger partial charge in [-0.25, -0.2) is 13.1 Å². The standard InChI is InChI=1S/C12H16ClF3N2O2S2/c13-10-1-2-11(21-10)22(19,20)17-7-9-3-5-18(6-4-9)8-12(14,15)16/h1-2,9,17H,3-8H2. The molecule has 1 saturated heterocycles. The van der Waals surface area contributed by atoms with Gasteiger partial charge < -0.3 is 0 Å². The zero-order valence-corrected chi connectivity index (χ0v) is 14.0. The summed E-state index contributed by atoms with van der Waals surface area (Å²) in [5.41, 5.74) is 0. The van der Waals surface area contributed by atoms with Gasteiger partial charge in [-0.1, -0.05) is 11.6 Å². The quantitative estimate of drug-likeness (QED) is 0.859. The summed E-state index contributed by atoms with van der Waals surface area (Å²) >= 11 is 6.68. The van der Waals surface area contributed by atoms with Crippen molar-refractivity contribution in [1.82, 2.24) is 9.62 Å². The lowest BCUT2D eigenvalue weighted by Crippen LogP contribution is -2.42. The van der Waals surface area contributed by atoms with Gasteiger partial charge in [-0.3, -0.25) is 4.90 Å². The number of thiophene rings is 1. The fourth-order valence-electron chi connectivity index (χ4n) is 2.34. The van der Waals surface area contributed by atoms with Gasteiger partial charge in [-0.05, 0) is 44.0 Å². The molecule has 10 heteroatoms. The van der Waals surface area contributed by atoms with Crippen LogP contribution in [0.3, 0.4) is 0 Å². The molecule has 1 N–H and O–H groups in total. The third-order valence-electron chi connectivity index (χ3n) is 3.49. The summed E-state index contributed by atoms with van der Waals surface area (Å²) in [5.74, 6) is 0.0506. The van der Waals surface area contributed by atoms with Crippen LogP contribution in [-0.2, 0) is 10.0 Å². The normalized spacial score (nSPS) is 18.7. The van der Waals surface area contributed by atoms with Crippen LogP contribution < -0.4 is 4.72 Å². The number of halogens is 4. The predicted molar refractivity (Wildman–Crippen MR) is 79.7 cm³/mol. The van der Waals surface area contributed by atoms with Gasteiger partial charge in [0.25, 0.3) is 0 Å². The second-order valence-corrected chi connectivity index (χ2v) is 8.95. The van der Waals surface area contributed by atoms with Crippen LogP contribution in [0.25, 0.3) is 0 Å². The number of piperidine rings is 1. The Morgan fingerprint density at radius 2 is 1.95 bits per heavy atom. The van der Waals surface area contributed by atoms with Crippen molar-refractivity contribution in [3.05, 3.63) is 16.5 Å². The summed E-state index contributed by atoms with van der Waals surface area (Å²) in [6.45, 7) is -0.00960. The molecule has 1 aliphatic heterocycles. The first kappa shape index (κ1) is 18.0. The average Bonchev–Trinajstić information content (AvgIpc) is 2.84. The molecule has 0 aromatic carbocycles. The Labute approximate surface area is 136 Å². The zero-order valence-electron chi connectivity index (χ0n) is 11.6. The molecule has 126 valence electrons. The first-order valence-electron chi connectivity index (χ1n) is 6.70. The molecule has 0 radical (unpaired) electrons. The van der Waals surface area contributed by atoms with E-state index in [1.807, 2.05) is 0 Å². The molecule has 2 rings (SSSR count). The highest BCUT2D eigenvalue weighted by atomic mass is 35.5. The number of nitrogens with one attached hydrogen (secondary N) is 1. The first-order valence-corrected chi connectivity index (χ1v) is 9.37. The highest BCUT2D eigenvalue weighted by Gasteiger charge is 2.32. The lowest BCUT2D eigenvalue weighted by molar-refractivity contribution is -0.148. The Hall–Kier alpha value is -0.350. The highest BCUT2D eigenvalue weighted by molar-refractivity contribution is 7.91. The van der Waals surface area contributed by atoms with Crippen LogP contribution in [0.4, 0.5) is 13.2 Å². The minimum absolute atomic E-state index is 0.0506. The summed E-state index contributed by atoms with van der Waals surface area (Å²) in [5, 5.41) is 0. The van der Waals surface area contributed by atoms with Crippen LogP contribution in [0.15, 0.2) is 16.3 Å². The lowest BCUT2D eigenvalue weighted by Gasteiger charge is -2.32. The van der Waals surface area contributed by atoms with Crippen molar-refractivity contribution in [2.75, 3.05) is 26.2 Å². The molecule has 0 atom stereocenters. The van der Waals surface area contributed by atoms with Crippen LogP contribution >= 0.6 is 22.9 Å². The van der Waals surface area contributed by atoms with Crippen molar-refractivity contribution in [3.63, 3.8) is 0 Å². The maximum atomic E-state index is 12.3. The summed E-state index contributed by atoms with van der Waals surface area (Å²) in [7, 11) is -3.59.